The van der Waals surface area contributed by atoms with Crippen molar-refractivity contribution in [1.82, 2.24) is 4.90 Å². The summed E-state index contributed by atoms with van der Waals surface area (Å²) in [6.45, 7) is 5.79. The minimum absolute atomic E-state index is 0.162. The van der Waals surface area contributed by atoms with Crippen molar-refractivity contribution in [3.63, 3.8) is 0 Å². The van der Waals surface area contributed by atoms with Crippen LogP contribution in [0.15, 0.2) is 0 Å². The first kappa shape index (κ1) is 10.4. The van der Waals surface area contributed by atoms with Gasteiger partial charge in [0.15, 0.2) is 0 Å². The van der Waals surface area contributed by atoms with Gasteiger partial charge in [0.1, 0.15) is 0 Å². The van der Waals surface area contributed by atoms with Crippen molar-refractivity contribution < 1.29 is 9.84 Å². The van der Waals surface area contributed by atoms with Crippen LogP contribution in [0.25, 0.3) is 0 Å². The number of rotatable bonds is 3. The van der Waals surface area contributed by atoms with Gasteiger partial charge in [-0.15, -0.1) is 0 Å². The zero-order valence-corrected chi connectivity index (χ0v) is 9.04. The highest BCUT2D eigenvalue weighted by atomic mass is 16.5. The number of hydrogen-bond donors (Lipinski definition) is 1. The first-order valence-electron chi connectivity index (χ1n) is 5.78. The Balaban J connectivity index is 1.96. The molecule has 2 heterocycles. The molecule has 82 valence electrons. The number of ether oxygens (including phenoxy) is 1. The Labute approximate surface area is 86.0 Å². The molecule has 1 unspecified atom stereocenters. The quantitative estimate of drug-likeness (QED) is 0.736. The van der Waals surface area contributed by atoms with E-state index in [9.17, 15) is 5.11 Å². The molecule has 0 saturated carbocycles. The van der Waals surface area contributed by atoms with Crippen molar-refractivity contribution in [2.45, 2.75) is 44.2 Å². The van der Waals surface area contributed by atoms with E-state index in [-0.39, 0.29) is 11.6 Å². The SMILES string of the molecule is CC[C@H](O)CN1CCCC12CCOC2. The van der Waals surface area contributed by atoms with Gasteiger partial charge in [-0.1, -0.05) is 6.92 Å². The fourth-order valence-electron chi connectivity index (χ4n) is 2.71. The van der Waals surface area contributed by atoms with Crippen LogP contribution >= 0.6 is 0 Å². The fourth-order valence-corrected chi connectivity index (χ4v) is 2.71. The van der Waals surface area contributed by atoms with Crippen LogP contribution in [0.2, 0.25) is 0 Å². The average molecular weight is 199 g/mol. The second-order valence-corrected chi connectivity index (χ2v) is 4.64. The van der Waals surface area contributed by atoms with Gasteiger partial charge >= 0.3 is 0 Å². The molecule has 0 radical (unpaired) electrons. The van der Waals surface area contributed by atoms with Crippen molar-refractivity contribution >= 4 is 0 Å². The molecule has 3 nitrogen and oxygen atoms in total. The normalized spacial score (nSPS) is 35.6. The maximum Gasteiger partial charge on any atom is 0.0664 e. The summed E-state index contributed by atoms with van der Waals surface area (Å²) < 4.78 is 5.50. The summed E-state index contributed by atoms with van der Waals surface area (Å²) in [5.41, 5.74) is 0.288. The Morgan fingerprint density at radius 3 is 3.00 bits per heavy atom. The van der Waals surface area contributed by atoms with Crippen LogP contribution in [0.4, 0.5) is 0 Å². The summed E-state index contributed by atoms with van der Waals surface area (Å²) >= 11 is 0. The highest BCUT2D eigenvalue weighted by Gasteiger charge is 2.44. The summed E-state index contributed by atoms with van der Waals surface area (Å²) in [6.07, 6.45) is 4.37. The van der Waals surface area contributed by atoms with Gasteiger partial charge in [0.05, 0.1) is 12.7 Å². The zero-order chi connectivity index (χ0) is 10.0. The molecule has 14 heavy (non-hydrogen) atoms. The van der Waals surface area contributed by atoms with E-state index in [1.165, 1.54) is 12.8 Å². The predicted molar refractivity (Wildman–Crippen MR) is 55.3 cm³/mol. The molecule has 0 aliphatic carbocycles. The third kappa shape index (κ3) is 1.81. The van der Waals surface area contributed by atoms with Crippen LogP contribution < -0.4 is 0 Å². The van der Waals surface area contributed by atoms with E-state index < -0.39 is 0 Å². The van der Waals surface area contributed by atoms with Gasteiger partial charge < -0.3 is 9.84 Å². The van der Waals surface area contributed by atoms with Crippen LogP contribution in [-0.4, -0.2) is 48.0 Å². The third-order valence-electron chi connectivity index (χ3n) is 3.73. The molecule has 2 aliphatic heterocycles. The molecule has 0 bridgehead atoms. The number of nitrogens with zero attached hydrogens (tertiary/aromatic N) is 1. The monoisotopic (exact) mass is 199 g/mol. The second-order valence-electron chi connectivity index (χ2n) is 4.64. The third-order valence-corrected chi connectivity index (χ3v) is 3.73. The van der Waals surface area contributed by atoms with Crippen LogP contribution in [0.3, 0.4) is 0 Å². The molecule has 2 aliphatic rings. The van der Waals surface area contributed by atoms with Crippen molar-refractivity contribution in [3.8, 4) is 0 Å². The minimum atomic E-state index is -0.162. The topological polar surface area (TPSA) is 32.7 Å². The molecule has 2 fully saturated rings. The van der Waals surface area contributed by atoms with Gasteiger partial charge in [-0.2, -0.15) is 0 Å². The number of hydrogen-bond acceptors (Lipinski definition) is 3. The Hall–Kier alpha value is -0.120. The molecule has 1 spiro atoms. The molecular weight excluding hydrogens is 178 g/mol. The highest BCUT2D eigenvalue weighted by Crippen LogP contribution is 2.36. The smallest absolute Gasteiger partial charge is 0.0664 e. The zero-order valence-electron chi connectivity index (χ0n) is 9.04. The standard InChI is InChI=1S/C11H21NO2/c1-2-10(13)8-12-6-3-4-11(12)5-7-14-9-11/h10,13H,2-9H2,1H3/t10-,11?/m0/s1. The van der Waals surface area contributed by atoms with E-state index in [0.29, 0.717) is 0 Å². The largest absolute Gasteiger partial charge is 0.392 e. The summed E-state index contributed by atoms with van der Waals surface area (Å²) in [6, 6.07) is 0. The van der Waals surface area contributed by atoms with E-state index in [2.05, 4.69) is 4.90 Å². The van der Waals surface area contributed by atoms with Gasteiger partial charge in [0.2, 0.25) is 0 Å². The minimum Gasteiger partial charge on any atom is -0.392 e. The molecule has 1 N–H and O–H groups in total. The lowest BCUT2D eigenvalue weighted by Crippen LogP contribution is -2.47. The highest BCUT2D eigenvalue weighted by molar-refractivity contribution is 4.98. The number of aliphatic hydroxyl groups excluding tert-OH is 1. The molecule has 0 aromatic carbocycles. The first-order valence-corrected chi connectivity index (χ1v) is 5.78. The van der Waals surface area contributed by atoms with E-state index >= 15 is 0 Å². The van der Waals surface area contributed by atoms with E-state index in [4.69, 9.17) is 4.74 Å². The van der Waals surface area contributed by atoms with Crippen molar-refractivity contribution in [3.05, 3.63) is 0 Å². The van der Waals surface area contributed by atoms with Crippen LogP contribution in [0.5, 0.6) is 0 Å². The van der Waals surface area contributed by atoms with Crippen molar-refractivity contribution in [1.29, 1.82) is 0 Å². The molecule has 3 heteroatoms. The summed E-state index contributed by atoms with van der Waals surface area (Å²) in [5, 5.41) is 9.68. The van der Waals surface area contributed by atoms with Crippen molar-refractivity contribution in [2.24, 2.45) is 0 Å². The maximum atomic E-state index is 9.68. The van der Waals surface area contributed by atoms with Crippen molar-refractivity contribution in [2.75, 3.05) is 26.3 Å². The summed E-state index contributed by atoms with van der Waals surface area (Å²) in [5.74, 6) is 0. The molecule has 2 saturated heterocycles. The Bertz CT molecular complexity index is 184. The van der Waals surface area contributed by atoms with E-state index in [0.717, 1.165) is 39.1 Å². The fraction of sp³-hybridized carbons (Fsp3) is 1.00. The molecule has 0 aromatic heterocycles. The van der Waals surface area contributed by atoms with Crippen LogP contribution in [-0.2, 0) is 4.74 Å². The lowest BCUT2D eigenvalue weighted by Gasteiger charge is -2.34. The Kier molecular flexibility index (Phi) is 3.10. The van der Waals surface area contributed by atoms with Gasteiger partial charge in [-0.05, 0) is 32.2 Å². The average Bonchev–Trinajstić information content (AvgIpc) is 2.79. The van der Waals surface area contributed by atoms with Crippen LogP contribution in [0, 0.1) is 0 Å². The number of likely N-dealkylation sites (tertiary alicyclic amines) is 1. The Morgan fingerprint density at radius 1 is 1.50 bits per heavy atom. The lowest BCUT2D eigenvalue weighted by molar-refractivity contribution is 0.0504. The summed E-state index contributed by atoms with van der Waals surface area (Å²) in [7, 11) is 0. The lowest BCUT2D eigenvalue weighted by atomic mass is 9.95. The predicted octanol–water partition coefficient (Wildman–Crippen LogP) is 1.01. The van der Waals surface area contributed by atoms with Crippen LogP contribution in [0.1, 0.15) is 32.6 Å². The van der Waals surface area contributed by atoms with Gasteiger partial charge in [0.25, 0.3) is 0 Å². The molecule has 0 amide bonds. The number of aliphatic hydroxyl groups is 1. The van der Waals surface area contributed by atoms with Gasteiger partial charge in [-0.25, -0.2) is 0 Å². The maximum absolute atomic E-state index is 9.68. The van der Waals surface area contributed by atoms with E-state index in [1.807, 2.05) is 6.92 Å². The number of β-amino-alcohol motifs (C(OH)–C–C–N with tert-alkyl or cyclic N) is 1. The second kappa shape index (κ2) is 4.17. The van der Waals surface area contributed by atoms with Gasteiger partial charge in [0, 0.05) is 18.7 Å². The molecule has 2 atom stereocenters. The summed E-state index contributed by atoms with van der Waals surface area (Å²) in [4.78, 5) is 2.45. The van der Waals surface area contributed by atoms with Gasteiger partial charge in [-0.3, -0.25) is 4.90 Å². The molecular formula is C11H21NO2. The Morgan fingerprint density at radius 2 is 2.36 bits per heavy atom. The van der Waals surface area contributed by atoms with E-state index in [1.54, 1.807) is 0 Å². The molecule has 2 rings (SSSR count). The molecule has 0 aromatic rings. The first-order chi connectivity index (χ1) is 6.77.